The molecule has 1 amide bonds. The standard InChI is InChI=1S/C21H20ClN3O3S/c1-2-18(20(27)23-15-10-8-14(22)9-11-15)29-21-24-16(12-19(26)25-21)13-28-17-6-4-3-5-7-17/h3-12,18H,2,13H2,1H3,(H,23,27)(H,24,25,26). The van der Waals surface area contributed by atoms with Gasteiger partial charge < -0.3 is 15.0 Å². The number of hydrogen-bond acceptors (Lipinski definition) is 5. The minimum atomic E-state index is -0.417. The summed E-state index contributed by atoms with van der Waals surface area (Å²) in [5.41, 5.74) is 0.861. The molecule has 3 rings (SSSR count). The van der Waals surface area contributed by atoms with Gasteiger partial charge in [-0.3, -0.25) is 9.59 Å². The van der Waals surface area contributed by atoms with Crippen LogP contribution in [0.5, 0.6) is 5.75 Å². The summed E-state index contributed by atoms with van der Waals surface area (Å²) < 4.78 is 5.65. The van der Waals surface area contributed by atoms with Gasteiger partial charge in [-0.15, -0.1) is 0 Å². The molecule has 1 unspecified atom stereocenters. The van der Waals surface area contributed by atoms with Crippen molar-refractivity contribution in [1.82, 2.24) is 9.97 Å². The van der Waals surface area contributed by atoms with Crippen molar-refractivity contribution in [3.63, 3.8) is 0 Å². The summed E-state index contributed by atoms with van der Waals surface area (Å²) in [6, 6.07) is 17.6. The van der Waals surface area contributed by atoms with Gasteiger partial charge in [0, 0.05) is 16.8 Å². The molecule has 0 aliphatic carbocycles. The Bertz CT molecular complexity index is 1010. The van der Waals surface area contributed by atoms with E-state index in [-0.39, 0.29) is 18.1 Å². The monoisotopic (exact) mass is 429 g/mol. The maximum atomic E-state index is 12.6. The Kier molecular flexibility index (Phi) is 7.32. The summed E-state index contributed by atoms with van der Waals surface area (Å²) >= 11 is 7.08. The van der Waals surface area contributed by atoms with Crippen LogP contribution in [-0.4, -0.2) is 21.1 Å². The number of carbonyl (C=O) groups excluding carboxylic acids is 1. The normalized spacial score (nSPS) is 11.7. The average molecular weight is 430 g/mol. The Morgan fingerprint density at radius 1 is 1.21 bits per heavy atom. The molecule has 3 aromatic rings. The highest BCUT2D eigenvalue weighted by atomic mass is 35.5. The second-order valence-corrected chi connectivity index (χ2v) is 7.78. The lowest BCUT2D eigenvalue weighted by Gasteiger charge is -2.14. The highest BCUT2D eigenvalue weighted by Gasteiger charge is 2.20. The first-order chi connectivity index (χ1) is 14.0. The number of nitrogens with zero attached hydrogens (tertiary/aromatic N) is 1. The van der Waals surface area contributed by atoms with Crippen molar-refractivity contribution in [2.75, 3.05) is 5.32 Å². The third-order valence-corrected chi connectivity index (χ3v) is 5.43. The Balaban J connectivity index is 1.66. The van der Waals surface area contributed by atoms with E-state index in [0.717, 1.165) is 0 Å². The van der Waals surface area contributed by atoms with E-state index < -0.39 is 5.25 Å². The van der Waals surface area contributed by atoms with Crippen LogP contribution in [-0.2, 0) is 11.4 Å². The zero-order chi connectivity index (χ0) is 20.6. The smallest absolute Gasteiger partial charge is 0.251 e. The fraction of sp³-hybridized carbons (Fsp3) is 0.190. The number of anilines is 1. The summed E-state index contributed by atoms with van der Waals surface area (Å²) in [7, 11) is 0. The number of H-pyrrole nitrogens is 1. The summed E-state index contributed by atoms with van der Waals surface area (Å²) in [4.78, 5) is 31.7. The molecule has 150 valence electrons. The number of nitrogens with one attached hydrogen (secondary N) is 2. The fourth-order valence-corrected chi connectivity index (χ4v) is 3.56. The number of thioether (sulfide) groups is 1. The molecule has 0 aliphatic heterocycles. The molecule has 2 N–H and O–H groups in total. The number of aromatic amines is 1. The van der Waals surface area contributed by atoms with E-state index in [4.69, 9.17) is 16.3 Å². The molecule has 0 spiro atoms. The molecular weight excluding hydrogens is 410 g/mol. The van der Waals surface area contributed by atoms with Crippen LogP contribution in [0.2, 0.25) is 5.02 Å². The third kappa shape index (κ3) is 6.37. The second kappa shape index (κ2) is 10.1. The van der Waals surface area contributed by atoms with E-state index in [1.807, 2.05) is 37.3 Å². The molecule has 0 radical (unpaired) electrons. The topological polar surface area (TPSA) is 84.1 Å². The van der Waals surface area contributed by atoms with E-state index in [1.54, 1.807) is 24.3 Å². The zero-order valence-electron chi connectivity index (χ0n) is 15.7. The maximum absolute atomic E-state index is 12.6. The number of amides is 1. The van der Waals surface area contributed by atoms with Crippen molar-refractivity contribution in [1.29, 1.82) is 0 Å². The summed E-state index contributed by atoms with van der Waals surface area (Å²) in [6.45, 7) is 2.06. The second-order valence-electron chi connectivity index (χ2n) is 6.15. The first-order valence-electron chi connectivity index (χ1n) is 9.04. The third-order valence-electron chi connectivity index (χ3n) is 3.93. The minimum Gasteiger partial charge on any atom is -0.487 e. The van der Waals surface area contributed by atoms with Gasteiger partial charge in [0.25, 0.3) is 5.56 Å². The molecule has 0 fully saturated rings. The Hall–Kier alpha value is -2.77. The molecule has 1 heterocycles. The predicted octanol–water partition coefficient (Wildman–Crippen LogP) is 4.51. The first-order valence-corrected chi connectivity index (χ1v) is 10.3. The van der Waals surface area contributed by atoms with E-state index >= 15 is 0 Å². The molecule has 8 heteroatoms. The van der Waals surface area contributed by atoms with Crippen LogP contribution in [0.4, 0.5) is 5.69 Å². The molecule has 0 saturated carbocycles. The largest absolute Gasteiger partial charge is 0.487 e. The van der Waals surface area contributed by atoms with E-state index in [0.29, 0.717) is 33.7 Å². The van der Waals surface area contributed by atoms with Gasteiger partial charge in [-0.25, -0.2) is 4.98 Å². The molecular formula is C21H20ClN3O3S. The summed E-state index contributed by atoms with van der Waals surface area (Å²) in [5, 5.41) is 3.41. The molecule has 0 saturated heterocycles. The Morgan fingerprint density at radius 3 is 2.62 bits per heavy atom. The Labute approximate surface area is 177 Å². The van der Waals surface area contributed by atoms with Gasteiger partial charge >= 0.3 is 0 Å². The van der Waals surface area contributed by atoms with Gasteiger partial charge in [-0.05, 0) is 42.8 Å². The minimum absolute atomic E-state index is 0.162. The fourth-order valence-electron chi connectivity index (χ4n) is 2.50. The van der Waals surface area contributed by atoms with Crippen molar-refractivity contribution < 1.29 is 9.53 Å². The number of hydrogen-bond donors (Lipinski definition) is 2. The van der Waals surface area contributed by atoms with Gasteiger partial charge in [-0.1, -0.05) is 48.5 Å². The number of carbonyl (C=O) groups is 1. The Morgan fingerprint density at radius 2 is 1.93 bits per heavy atom. The van der Waals surface area contributed by atoms with Gasteiger partial charge in [0.15, 0.2) is 5.16 Å². The van der Waals surface area contributed by atoms with Crippen molar-refractivity contribution in [3.8, 4) is 5.75 Å². The van der Waals surface area contributed by atoms with E-state index in [9.17, 15) is 9.59 Å². The highest BCUT2D eigenvalue weighted by Crippen LogP contribution is 2.24. The van der Waals surface area contributed by atoms with Crippen LogP contribution in [0.25, 0.3) is 0 Å². The van der Waals surface area contributed by atoms with E-state index in [2.05, 4.69) is 15.3 Å². The molecule has 2 aromatic carbocycles. The maximum Gasteiger partial charge on any atom is 0.251 e. The number of rotatable bonds is 8. The van der Waals surface area contributed by atoms with Crippen LogP contribution in [0.3, 0.4) is 0 Å². The first kappa shape index (κ1) is 21.0. The van der Waals surface area contributed by atoms with Crippen LogP contribution in [0.15, 0.2) is 70.6 Å². The number of benzene rings is 2. The lowest BCUT2D eigenvalue weighted by atomic mass is 10.3. The number of halogens is 1. The molecule has 1 atom stereocenters. The van der Waals surface area contributed by atoms with Gasteiger partial charge in [0.1, 0.15) is 12.4 Å². The van der Waals surface area contributed by atoms with Crippen molar-refractivity contribution in [2.45, 2.75) is 30.4 Å². The van der Waals surface area contributed by atoms with Gasteiger partial charge in [0.05, 0.1) is 10.9 Å². The quantitative estimate of drug-likeness (QED) is 0.406. The molecule has 0 bridgehead atoms. The van der Waals surface area contributed by atoms with Gasteiger partial charge in [-0.2, -0.15) is 0 Å². The molecule has 0 aliphatic rings. The van der Waals surface area contributed by atoms with Crippen molar-refractivity contribution in [2.24, 2.45) is 0 Å². The molecule has 1 aromatic heterocycles. The van der Waals surface area contributed by atoms with Crippen LogP contribution in [0, 0.1) is 0 Å². The molecule has 6 nitrogen and oxygen atoms in total. The van der Waals surface area contributed by atoms with Crippen LogP contribution >= 0.6 is 23.4 Å². The predicted molar refractivity (Wildman–Crippen MR) is 116 cm³/mol. The average Bonchev–Trinajstić information content (AvgIpc) is 2.72. The summed E-state index contributed by atoms with van der Waals surface area (Å²) in [6.07, 6.45) is 0.568. The number of aromatic nitrogens is 2. The van der Waals surface area contributed by atoms with Crippen molar-refractivity contribution in [3.05, 3.63) is 81.7 Å². The van der Waals surface area contributed by atoms with Crippen molar-refractivity contribution >= 4 is 35.0 Å². The van der Waals surface area contributed by atoms with Crippen LogP contribution < -0.4 is 15.6 Å². The molecule has 29 heavy (non-hydrogen) atoms. The van der Waals surface area contributed by atoms with Crippen LogP contribution in [0.1, 0.15) is 19.0 Å². The summed E-state index contributed by atoms with van der Waals surface area (Å²) in [5.74, 6) is 0.519. The lowest BCUT2D eigenvalue weighted by Crippen LogP contribution is -2.25. The van der Waals surface area contributed by atoms with Gasteiger partial charge in [0.2, 0.25) is 5.91 Å². The zero-order valence-corrected chi connectivity index (χ0v) is 17.3. The number of ether oxygens (including phenoxy) is 1. The lowest BCUT2D eigenvalue weighted by molar-refractivity contribution is -0.115. The highest BCUT2D eigenvalue weighted by molar-refractivity contribution is 8.00. The SMILES string of the molecule is CCC(Sc1nc(COc2ccccc2)cc(=O)[nH]1)C(=O)Nc1ccc(Cl)cc1. The number of para-hydroxylation sites is 1. The van der Waals surface area contributed by atoms with E-state index in [1.165, 1.54) is 17.8 Å².